The number of carbonyl (C=O) groups excluding carboxylic acids is 1. The number of ether oxygens (including phenoxy) is 1. The number of rotatable bonds is 12. The minimum Gasteiger partial charge on any atom is -0.494 e. The SMILES string of the molecule is CCCCN(C)S(=O)(=O)c1ccc(C(=O)N(CCCN(C)C)c2nc3c(OC)ccc(C)c3s2)cc1. The van der Waals surface area contributed by atoms with Gasteiger partial charge in [-0.2, -0.15) is 0 Å². The monoisotopic (exact) mass is 532 g/mol. The molecule has 2 aromatic carbocycles. The maximum Gasteiger partial charge on any atom is 0.260 e. The van der Waals surface area contributed by atoms with Crippen LogP contribution in [-0.2, 0) is 10.0 Å². The lowest BCUT2D eigenvalue weighted by atomic mass is 10.2. The first-order valence-corrected chi connectivity index (χ1v) is 14.3. The Labute approximate surface area is 218 Å². The lowest BCUT2D eigenvalue weighted by molar-refractivity contribution is 0.0986. The van der Waals surface area contributed by atoms with Crippen molar-refractivity contribution in [1.82, 2.24) is 14.2 Å². The Bertz CT molecular complexity index is 1290. The third kappa shape index (κ3) is 6.23. The van der Waals surface area contributed by atoms with Crippen LogP contribution < -0.4 is 9.64 Å². The number of aromatic nitrogens is 1. The fraction of sp³-hybridized carbons (Fsp3) is 0.462. The highest BCUT2D eigenvalue weighted by molar-refractivity contribution is 7.89. The molecule has 1 amide bonds. The molecule has 3 aromatic rings. The zero-order valence-corrected chi connectivity index (χ0v) is 23.6. The van der Waals surface area contributed by atoms with Crippen molar-refractivity contribution in [3.05, 3.63) is 47.5 Å². The average Bonchev–Trinajstić information content (AvgIpc) is 3.31. The summed E-state index contributed by atoms with van der Waals surface area (Å²) in [5, 5.41) is 0.595. The van der Waals surface area contributed by atoms with E-state index in [1.807, 2.05) is 40.1 Å². The number of carbonyl (C=O) groups is 1. The molecule has 1 aromatic heterocycles. The summed E-state index contributed by atoms with van der Waals surface area (Å²) in [7, 11) is 3.58. The van der Waals surface area contributed by atoms with Crippen LogP contribution >= 0.6 is 11.3 Å². The van der Waals surface area contributed by atoms with E-state index in [4.69, 9.17) is 9.72 Å². The summed E-state index contributed by atoms with van der Waals surface area (Å²) in [6.07, 6.45) is 2.47. The molecular weight excluding hydrogens is 496 g/mol. The molecule has 8 nitrogen and oxygen atoms in total. The van der Waals surface area contributed by atoms with Crippen molar-refractivity contribution >= 4 is 42.6 Å². The number of anilines is 1. The van der Waals surface area contributed by atoms with Crippen LogP contribution in [-0.4, -0.2) is 76.4 Å². The minimum atomic E-state index is -3.60. The van der Waals surface area contributed by atoms with Crippen LogP contribution in [0, 0.1) is 6.92 Å². The highest BCUT2D eigenvalue weighted by Gasteiger charge is 2.25. The second-order valence-electron chi connectivity index (χ2n) is 9.08. The first kappa shape index (κ1) is 28.0. The first-order chi connectivity index (χ1) is 17.1. The highest BCUT2D eigenvalue weighted by atomic mass is 32.2. The van der Waals surface area contributed by atoms with Crippen molar-refractivity contribution in [1.29, 1.82) is 0 Å². The third-order valence-electron chi connectivity index (χ3n) is 6.01. The van der Waals surface area contributed by atoms with Crippen molar-refractivity contribution in [3.63, 3.8) is 0 Å². The van der Waals surface area contributed by atoms with Crippen LogP contribution in [0.3, 0.4) is 0 Å². The fourth-order valence-corrected chi connectivity index (χ4v) is 6.10. The zero-order valence-electron chi connectivity index (χ0n) is 21.9. The molecule has 0 saturated carbocycles. The molecule has 0 aliphatic rings. The summed E-state index contributed by atoms with van der Waals surface area (Å²) in [6, 6.07) is 10.1. The molecular formula is C26H36N4O4S2. The van der Waals surface area contributed by atoms with E-state index in [9.17, 15) is 13.2 Å². The second-order valence-corrected chi connectivity index (χ2v) is 12.1. The van der Waals surface area contributed by atoms with Crippen LogP contribution in [0.5, 0.6) is 5.75 Å². The van der Waals surface area contributed by atoms with Gasteiger partial charge in [-0.25, -0.2) is 17.7 Å². The Hall–Kier alpha value is -2.53. The normalized spacial score (nSPS) is 12.0. The van der Waals surface area contributed by atoms with Gasteiger partial charge in [0.1, 0.15) is 11.3 Å². The number of methoxy groups -OCH3 is 1. The number of hydrogen-bond acceptors (Lipinski definition) is 7. The van der Waals surface area contributed by atoms with Crippen molar-refractivity contribution in [2.24, 2.45) is 0 Å². The summed E-state index contributed by atoms with van der Waals surface area (Å²) in [5.74, 6) is 0.452. The molecule has 0 spiro atoms. The van der Waals surface area contributed by atoms with Gasteiger partial charge in [-0.05, 0) is 76.3 Å². The fourth-order valence-electron chi connectivity index (χ4n) is 3.81. The van der Waals surface area contributed by atoms with Crippen LogP contribution in [0.15, 0.2) is 41.3 Å². The molecule has 196 valence electrons. The summed E-state index contributed by atoms with van der Waals surface area (Å²) in [6.45, 7) is 5.79. The molecule has 10 heteroatoms. The second kappa shape index (κ2) is 12.1. The zero-order chi connectivity index (χ0) is 26.5. The summed E-state index contributed by atoms with van der Waals surface area (Å²) < 4.78 is 33.6. The van der Waals surface area contributed by atoms with Gasteiger partial charge in [-0.1, -0.05) is 30.7 Å². The van der Waals surface area contributed by atoms with Crippen LogP contribution in [0.1, 0.15) is 42.1 Å². The molecule has 0 radical (unpaired) electrons. The van der Waals surface area contributed by atoms with E-state index in [0.29, 0.717) is 29.5 Å². The molecule has 0 unspecified atom stereocenters. The van der Waals surface area contributed by atoms with Gasteiger partial charge in [-0.3, -0.25) is 9.69 Å². The van der Waals surface area contributed by atoms with E-state index in [1.165, 1.54) is 27.8 Å². The van der Waals surface area contributed by atoms with E-state index in [2.05, 4.69) is 4.90 Å². The van der Waals surface area contributed by atoms with E-state index in [0.717, 1.165) is 41.6 Å². The largest absolute Gasteiger partial charge is 0.494 e. The van der Waals surface area contributed by atoms with E-state index < -0.39 is 10.0 Å². The van der Waals surface area contributed by atoms with Gasteiger partial charge in [-0.15, -0.1) is 0 Å². The number of hydrogen-bond donors (Lipinski definition) is 0. The Balaban J connectivity index is 1.94. The van der Waals surface area contributed by atoms with Crippen LogP contribution in [0.2, 0.25) is 0 Å². The third-order valence-corrected chi connectivity index (χ3v) is 9.10. The van der Waals surface area contributed by atoms with Gasteiger partial charge in [0, 0.05) is 25.7 Å². The number of aryl methyl sites for hydroxylation is 1. The van der Waals surface area contributed by atoms with E-state index in [1.54, 1.807) is 31.2 Å². The summed E-state index contributed by atoms with van der Waals surface area (Å²) in [5.41, 5.74) is 2.22. The number of benzene rings is 2. The highest BCUT2D eigenvalue weighted by Crippen LogP contribution is 2.37. The first-order valence-electron chi connectivity index (χ1n) is 12.1. The number of thiazole rings is 1. The maximum absolute atomic E-state index is 13.7. The van der Waals surface area contributed by atoms with E-state index in [-0.39, 0.29) is 10.8 Å². The van der Waals surface area contributed by atoms with Gasteiger partial charge >= 0.3 is 0 Å². The maximum atomic E-state index is 13.7. The molecule has 0 N–H and O–H groups in total. The summed E-state index contributed by atoms with van der Waals surface area (Å²) >= 11 is 1.46. The lowest BCUT2D eigenvalue weighted by Crippen LogP contribution is -2.33. The van der Waals surface area contributed by atoms with Crippen molar-refractivity contribution in [3.8, 4) is 5.75 Å². The molecule has 0 aliphatic heterocycles. The number of unbranched alkanes of at least 4 members (excludes halogenated alkanes) is 1. The van der Waals surface area contributed by atoms with E-state index >= 15 is 0 Å². The predicted octanol–water partition coefficient (Wildman–Crippen LogP) is 4.63. The molecule has 0 fully saturated rings. The van der Waals surface area contributed by atoms with Gasteiger partial charge in [0.05, 0.1) is 16.7 Å². The van der Waals surface area contributed by atoms with Gasteiger partial charge in [0.25, 0.3) is 5.91 Å². The number of fused-ring (bicyclic) bond motifs is 1. The molecule has 0 atom stereocenters. The van der Waals surface area contributed by atoms with Crippen molar-refractivity contribution in [2.45, 2.75) is 38.0 Å². The molecule has 3 rings (SSSR count). The predicted molar refractivity (Wildman–Crippen MR) is 147 cm³/mol. The lowest BCUT2D eigenvalue weighted by Gasteiger charge is -2.21. The molecule has 1 heterocycles. The molecule has 36 heavy (non-hydrogen) atoms. The minimum absolute atomic E-state index is 0.178. The topological polar surface area (TPSA) is 83.1 Å². The summed E-state index contributed by atoms with van der Waals surface area (Å²) in [4.78, 5) is 22.4. The number of nitrogens with zero attached hydrogens (tertiary/aromatic N) is 4. The number of sulfonamides is 1. The van der Waals surface area contributed by atoms with Crippen LogP contribution in [0.4, 0.5) is 5.13 Å². The molecule has 0 aliphatic carbocycles. The van der Waals surface area contributed by atoms with Crippen molar-refractivity contribution < 1.29 is 17.9 Å². The Kier molecular flexibility index (Phi) is 9.46. The average molecular weight is 533 g/mol. The number of amides is 1. The van der Waals surface area contributed by atoms with Crippen LogP contribution in [0.25, 0.3) is 10.2 Å². The quantitative estimate of drug-likeness (QED) is 0.338. The Morgan fingerprint density at radius 1 is 1.00 bits per heavy atom. The van der Waals surface area contributed by atoms with Gasteiger partial charge in [0.2, 0.25) is 10.0 Å². The van der Waals surface area contributed by atoms with Crippen molar-refractivity contribution in [2.75, 3.05) is 52.8 Å². The Morgan fingerprint density at radius 3 is 2.31 bits per heavy atom. The smallest absolute Gasteiger partial charge is 0.260 e. The molecule has 0 bridgehead atoms. The van der Waals surface area contributed by atoms with Gasteiger partial charge in [0.15, 0.2) is 5.13 Å². The molecule has 0 saturated heterocycles. The Morgan fingerprint density at radius 2 is 1.69 bits per heavy atom. The standard InChI is InChI=1S/C26H36N4O4S2/c1-7-8-17-29(5)36(32,33)21-13-11-20(12-14-21)25(31)30(18-9-16-28(3)4)26-27-23-22(34-6)15-10-19(2)24(23)35-26/h10-15H,7-9,16-18H2,1-6H3. The van der Waals surface area contributed by atoms with Gasteiger partial charge < -0.3 is 9.64 Å².